The van der Waals surface area contributed by atoms with Gasteiger partial charge in [-0.2, -0.15) is 0 Å². The maximum Gasteiger partial charge on any atom is 0.312 e. The molecule has 2 nitrogen and oxygen atoms in total. The third kappa shape index (κ3) is 4.84. The fourth-order valence-corrected chi connectivity index (χ4v) is 1.60. The predicted molar refractivity (Wildman–Crippen MR) is 75.6 cm³/mol. The van der Waals surface area contributed by atoms with Crippen LogP contribution in [0.3, 0.4) is 0 Å². The zero-order valence-electron chi connectivity index (χ0n) is 7.74. The van der Waals surface area contributed by atoms with E-state index in [1.54, 1.807) is 0 Å². The van der Waals surface area contributed by atoms with Crippen molar-refractivity contribution in [2.45, 2.75) is 10.5 Å². The Balaban J connectivity index is 2.52. The summed E-state index contributed by atoms with van der Waals surface area (Å²) in [5.41, 5.74) is 0.932. The van der Waals surface area contributed by atoms with Gasteiger partial charge in [0.1, 0.15) is 0 Å². The number of halogens is 2. The highest BCUT2D eigenvalue weighted by Gasteiger charge is 2.08. The molecular formula is C11H8I2O2. The number of alkyl halides is 1. The Morgan fingerprint density at radius 2 is 2.07 bits per heavy atom. The Bertz CT molecular complexity index is 379. The van der Waals surface area contributed by atoms with Crippen LogP contribution in [0.25, 0.3) is 0 Å². The molecule has 1 aromatic rings. The molecule has 0 heterocycles. The largest absolute Gasteiger partial charge is 0.439 e. The molecule has 0 N–H and O–H groups in total. The highest BCUT2D eigenvalue weighted by Crippen LogP contribution is 2.09. The van der Waals surface area contributed by atoms with Crippen LogP contribution in [0.15, 0.2) is 24.3 Å². The molecule has 1 rings (SSSR count). The highest BCUT2D eigenvalue weighted by molar-refractivity contribution is 14.1. The number of terminal acetylenes is 1. The smallest absolute Gasteiger partial charge is 0.312 e. The quantitative estimate of drug-likeness (QED) is 0.322. The molecule has 1 aromatic carbocycles. The van der Waals surface area contributed by atoms with Crippen LogP contribution < -0.4 is 0 Å². The van der Waals surface area contributed by atoms with Crippen molar-refractivity contribution in [2.75, 3.05) is 0 Å². The lowest BCUT2D eigenvalue weighted by Gasteiger charge is -2.05. The summed E-state index contributed by atoms with van der Waals surface area (Å²) in [6, 6.07) is 7.71. The molecule has 0 bridgehead atoms. The summed E-state index contributed by atoms with van der Waals surface area (Å²) in [5.74, 6) is 2.04. The lowest BCUT2D eigenvalue weighted by atomic mass is 10.2. The molecule has 0 aliphatic rings. The van der Waals surface area contributed by atoms with Gasteiger partial charge in [-0.3, -0.25) is 4.79 Å². The van der Waals surface area contributed by atoms with Crippen LogP contribution in [0.5, 0.6) is 0 Å². The average Bonchev–Trinajstić information content (AvgIpc) is 2.21. The number of esters is 1. The minimum atomic E-state index is -0.487. The van der Waals surface area contributed by atoms with E-state index in [9.17, 15) is 4.79 Å². The van der Waals surface area contributed by atoms with Crippen LogP contribution in [-0.2, 0) is 16.0 Å². The summed E-state index contributed by atoms with van der Waals surface area (Å²) in [6.45, 7) is 0. The first-order valence-corrected chi connectivity index (χ1v) is 6.48. The van der Waals surface area contributed by atoms with Gasteiger partial charge in [0.25, 0.3) is 0 Å². The summed E-state index contributed by atoms with van der Waals surface area (Å²) in [7, 11) is 0. The Labute approximate surface area is 116 Å². The minimum absolute atomic E-state index is 0.262. The van der Waals surface area contributed by atoms with Gasteiger partial charge in [-0.1, -0.05) is 18.1 Å². The molecule has 0 aliphatic carbocycles. The van der Waals surface area contributed by atoms with Gasteiger partial charge in [0.05, 0.1) is 6.42 Å². The minimum Gasteiger partial charge on any atom is -0.439 e. The Morgan fingerprint density at radius 1 is 1.47 bits per heavy atom. The van der Waals surface area contributed by atoms with Crippen LogP contribution in [0, 0.1) is 15.9 Å². The molecule has 0 fully saturated rings. The highest BCUT2D eigenvalue weighted by atomic mass is 127. The maximum absolute atomic E-state index is 11.3. The molecule has 0 amide bonds. The van der Waals surface area contributed by atoms with E-state index in [1.807, 2.05) is 46.9 Å². The van der Waals surface area contributed by atoms with Crippen LogP contribution >= 0.6 is 45.2 Å². The molecule has 1 unspecified atom stereocenters. The number of rotatable bonds is 3. The van der Waals surface area contributed by atoms with Crippen LogP contribution in [0.4, 0.5) is 0 Å². The summed E-state index contributed by atoms with van der Waals surface area (Å²) in [5, 5.41) is 0. The Hall–Kier alpha value is -0.290. The third-order valence-electron chi connectivity index (χ3n) is 1.63. The third-order valence-corrected chi connectivity index (χ3v) is 2.96. The molecule has 4 heteroatoms. The van der Waals surface area contributed by atoms with E-state index >= 15 is 0 Å². The average molecular weight is 426 g/mol. The van der Waals surface area contributed by atoms with Gasteiger partial charge < -0.3 is 4.74 Å². The van der Waals surface area contributed by atoms with Gasteiger partial charge >= 0.3 is 5.97 Å². The van der Waals surface area contributed by atoms with E-state index in [2.05, 4.69) is 28.5 Å². The van der Waals surface area contributed by atoms with Crippen molar-refractivity contribution in [2.24, 2.45) is 0 Å². The molecule has 78 valence electrons. The second-order valence-corrected chi connectivity index (χ2v) is 5.15. The first kappa shape index (κ1) is 12.8. The number of hydrogen-bond donors (Lipinski definition) is 0. The standard InChI is InChI=1S/C11H8I2O2/c1-2-10(13)15-11(14)7-8-3-5-9(12)6-4-8/h1,3-6,10H,7H2. The van der Waals surface area contributed by atoms with Crippen molar-refractivity contribution in [3.63, 3.8) is 0 Å². The van der Waals surface area contributed by atoms with Crippen molar-refractivity contribution in [3.8, 4) is 12.3 Å². The molecular weight excluding hydrogens is 418 g/mol. The molecule has 0 aliphatic heterocycles. The Kier molecular flexibility index (Phi) is 5.39. The van der Waals surface area contributed by atoms with E-state index in [0.29, 0.717) is 0 Å². The topological polar surface area (TPSA) is 26.3 Å². The normalized spacial score (nSPS) is 11.5. The van der Waals surface area contributed by atoms with E-state index in [0.717, 1.165) is 9.13 Å². The zero-order chi connectivity index (χ0) is 11.3. The second kappa shape index (κ2) is 6.33. The number of carbonyl (C=O) groups is 1. The van der Waals surface area contributed by atoms with Crippen molar-refractivity contribution in [1.82, 2.24) is 0 Å². The van der Waals surface area contributed by atoms with Crippen molar-refractivity contribution in [3.05, 3.63) is 33.4 Å². The van der Waals surface area contributed by atoms with Gasteiger partial charge in [-0.25, -0.2) is 0 Å². The molecule has 0 radical (unpaired) electrons. The van der Waals surface area contributed by atoms with E-state index < -0.39 is 4.11 Å². The van der Waals surface area contributed by atoms with E-state index in [-0.39, 0.29) is 12.4 Å². The molecule has 0 saturated heterocycles. The molecule has 0 spiro atoms. The fraction of sp³-hybridized carbons (Fsp3) is 0.182. The summed E-state index contributed by atoms with van der Waals surface area (Å²) < 4.78 is 5.60. The van der Waals surface area contributed by atoms with E-state index in [4.69, 9.17) is 11.2 Å². The summed E-state index contributed by atoms with van der Waals surface area (Å²) in [6.07, 6.45) is 5.36. The molecule has 1 atom stereocenters. The van der Waals surface area contributed by atoms with Crippen LogP contribution in [-0.4, -0.2) is 10.1 Å². The van der Waals surface area contributed by atoms with Gasteiger partial charge in [0.15, 0.2) is 0 Å². The maximum atomic E-state index is 11.3. The summed E-state index contributed by atoms with van der Waals surface area (Å²) >= 11 is 4.10. The molecule has 15 heavy (non-hydrogen) atoms. The lowest BCUT2D eigenvalue weighted by molar-refractivity contribution is -0.142. The van der Waals surface area contributed by atoms with Crippen molar-refractivity contribution < 1.29 is 9.53 Å². The number of ether oxygens (including phenoxy) is 1. The molecule has 0 saturated carbocycles. The lowest BCUT2D eigenvalue weighted by Crippen LogP contribution is -2.12. The van der Waals surface area contributed by atoms with Gasteiger partial charge in [-0.15, -0.1) is 6.42 Å². The number of hydrogen-bond acceptors (Lipinski definition) is 2. The SMILES string of the molecule is C#CC(I)OC(=O)Cc1ccc(I)cc1. The van der Waals surface area contributed by atoms with Gasteiger partial charge in [-0.05, 0) is 62.9 Å². The first-order chi connectivity index (χ1) is 7.11. The van der Waals surface area contributed by atoms with Gasteiger partial charge in [0.2, 0.25) is 4.11 Å². The van der Waals surface area contributed by atoms with Crippen LogP contribution in [0.2, 0.25) is 0 Å². The zero-order valence-corrected chi connectivity index (χ0v) is 12.1. The number of carbonyl (C=O) groups excluding carboxylic acids is 1. The van der Waals surface area contributed by atoms with Crippen molar-refractivity contribution >= 4 is 51.2 Å². The summed E-state index contributed by atoms with van der Waals surface area (Å²) in [4.78, 5) is 11.3. The van der Waals surface area contributed by atoms with Crippen molar-refractivity contribution in [1.29, 1.82) is 0 Å². The van der Waals surface area contributed by atoms with Gasteiger partial charge in [0, 0.05) is 3.57 Å². The van der Waals surface area contributed by atoms with Crippen LogP contribution in [0.1, 0.15) is 5.56 Å². The number of benzene rings is 1. The Morgan fingerprint density at radius 3 is 2.60 bits per heavy atom. The first-order valence-electron chi connectivity index (χ1n) is 4.16. The molecule has 0 aromatic heterocycles. The monoisotopic (exact) mass is 426 g/mol. The second-order valence-electron chi connectivity index (χ2n) is 2.78. The fourth-order valence-electron chi connectivity index (χ4n) is 0.960. The predicted octanol–water partition coefficient (Wildman–Crippen LogP) is 2.77. The van der Waals surface area contributed by atoms with E-state index in [1.165, 1.54) is 0 Å².